The normalized spacial score (nSPS) is 16.0. The van der Waals surface area contributed by atoms with E-state index >= 15 is 0 Å². The number of rotatable bonds is 7. The van der Waals surface area contributed by atoms with Gasteiger partial charge in [-0.15, -0.1) is 0 Å². The zero-order valence-corrected chi connectivity index (χ0v) is 9.73. The Hall–Kier alpha value is 0.527. The van der Waals surface area contributed by atoms with E-state index in [9.17, 15) is 0 Å². The molecular formula is C7H16O3PSi. The first-order valence-corrected chi connectivity index (χ1v) is 4.88. The van der Waals surface area contributed by atoms with Crippen LogP contribution in [0.3, 0.4) is 0 Å². The van der Waals surface area contributed by atoms with E-state index in [1.807, 2.05) is 6.92 Å². The van der Waals surface area contributed by atoms with Crippen molar-refractivity contribution in [2.24, 2.45) is 0 Å². The zero-order chi connectivity index (χ0) is 9.40. The summed E-state index contributed by atoms with van der Waals surface area (Å²) in [6.07, 6.45) is 1.19. The highest BCUT2D eigenvalue weighted by Crippen LogP contribution is 2.05. The van der Waals surface area contributed by atoms with Crippen molar-refractivity contribution in [2.45, 2.75) is 32.5 Å². The summed E-state index contributed by atoms with van der Waals surface area (Å²) in [6.45, 7) is 5.18. The van der Waals surface area contributed by atoms with Crippen LogP contribution in [0.1, 0.15) is 20.3 Å². The maximum absolute atomic E-state index is 5.59. The third-order valence-corrected chi connectivity index (χ3v) is 1.84. The average molecular weight is 207 g/mol. The van der Waals surface area contributed by atoms with Gasteiger partial charge in [0.15, 0.2) is 0 Å². The molecule has 0 N–H and O–H groups in total. The summed E-state index contributed by atoms with van der Waals surface area (Å²) in [7, 11) is 5.15. The smallest absolute Gasteiger partial charge is 0.246 e. The van der Waals surface area contributed by atoms with Crippen LogP contribution >= 0.6 is 9.47 Å². The van der Waals surface area contributed by atoms with Gasteiger partial charge in [-0.3, -0.25) is 0 Å². The van der Waals surface area contributed by atoms with E-state index in [2.05, 4.69) is 26.9 Å². The lowest BCUT2D eigenvalue weighted by Crippen LogP contribution is -2.25. The summed E-state index contributed by atoms with van der Waals surface area (Å²) in [5.74, 6) is 0. The van der Waals surface area contributed by atoms with Gasteiger partial charge in [0.1, 0.15) is 0 Å². The predicted molar refractivity (Wildman–Crippen MR) is 52.0 cm³/mol. The van der Waals surface area contributed by atoms with Gasteiger partial charge in [0.05, 0.1) is 25.4 Å². The molecule has 0 rings (SSSR count). The lowest BCUT2D eigenvalue weighted by molar-refractivity contribution is -0.0406. The summed E-state index contributed by atoms with van der Waals surface area (Å²) in [5, 5.41) is 0. The Morgan fingerprint density at radius 3 is 2.50 bits per heavy atom. The molecule has 0 saturated carbocycles. The molecule has 0 aromatic carbocycles. The van der Waals surface area contributed by atoms with Gasteiger partial charge in [0.25, 0.3) is 0 Å². The monoisotopic (exact) mass is 207 g/mol. The lowest BCUT2D eigenvalue weighted by atomic mass is 10.3. The molecule has 0 heterocycles. The van der Waals surface area contributed by atoms with Crippen LogP contribution in [0.2, 0.25) is 0 Å². The van der Waals surface area contributed by atoms with Crippen LogP contribution in [0, 0.1) is 0 Å². The van der Waals surface area contributed by atoms with Crippen LogP contribution in [0.25, 0.3) is 0 Å². The molecule has 0 aromatic rings. The molecule has 0 aliphatic carbocycles. The topological polar surface area (TPSA) is 27.7 Å². The van der Waals surface area contributed by atoms with Gasteiger partial charge in [-0.25, -0.2) is 0 Å². The van der Waals surface area contributed by atoms with E-state index < -0.39 is 0 Å². The molecule has 5 heteroatoms. The molecule has 0 aromatic heterocycles. The van der Waals surface area contributed by atoms with Gasteiger partial charge in [-0.05, 0) is 13.3 Å². The van der Waals surface area contributed by atoms with Crippen molar-refractivity contribution in [3.05, 3.63) is 0 Å². The maximum atomic E-state index is 5.59. The van der Waals surface area contributed by atoms with Crippen molar-refractivity contribution >= 4 is 20.0 Å². The third kappa shape index (κ3) is 6.09. The van der Waals surface area contributed by atoms with Crippen molar-refractivity contribution in [2.75, 3.05) is 13.2 Å². The Labute approximate surface area is 80.0 Å². The van der Waals surface area contributed by atoms with E-state index in [1.165, 1.54) is 0 Å². The third-order valence-electron chi connectivity index (χ3n) is 1.48. The predicted octanol–water partition coefficient (Wildman–Crippen LogP) is 1.08. The fourth-order valence-electron chi connectivity index (χ4n) is 0.846. The largest absolute Gasteiger partial charge is 0.416 e. The molecule has 71 valence electrons. The minimum absolute atomic E-state index is 0.0904. The first kappa shape index (κ1) is 12.5. The quantitative estimate of drug-likeness (QED) is 0.462. The van der Waals surface area contributed by atoms with Crippen LogP contribution in [0.15, 0.2) is 0 Å². The van der Waals surface area contributed by atoms with Gasteiger partial charge in [0.2, 0.25) is 10.5 Å². The summed E-state index contributed by atoms with van der Waals surface area (Å²) < 4.78 is 15.3. The molecule has 0 bridgehead atoms. The standard InChI is InChI=1S/C7H16O3PSi/c1-3-7(5-8-11)10-6(2)4-9-12/h6-7H,3-5,11H2,1-2H3/t6-,7-/m1/s1. The minimum atomic E-state index is 0.0904. The van der Waals surface area contributed by atoms with Gasteiger partial charge in [-0.2, -0.15) is 0 Å². The molecule has 3 nitrogen and oxygen atoms in total. The molecule has 0 spiro atoms. The second kappa shape index (κ2) is 8.14. The highest BCUT2D eigenvalue weighted by Gasteiger charge is 2.10. The average Bonchev–Trinajstić information content (AvgIpc) is 2.04. The Kier molecular flexibility index (Phi) is 8.50. The van der Waals surface area contributed by atoms with Crippen LogP contribution in [-0.2, 0) is 13.7 Å². The van der Waals surface area contributed by atoms with Crippen LogP contribution in [-0.4, -0.2) is 35.9 Å². The van der Waals surface area contributed by atoms with E-state index in [4.69, 9.17) is 13.7 Å². The Balaban J connectivity index is 3.53. The molecule has 3 radical (unpaired) electrons. The minimum Gasteiger partial charge on any atom is -0.416 e. The van der Waals surface area contributed by atoms with E-state index in [0.29, 0.717) is 13.2 Å². The first-order valence-electron chi connectivity index (χ1n) is 4.00. The molecule has 0 fully saturated rings. The van der Waals surface area contributed by atoms with Crippen LogP contribution in [0.5, 0.6) is 0 Å². The van der Waals surface area contributed by atoms with E-state index in [-0.39, 0.29) is 12.2 Å². The fourth-order valence-corrected chi connectivity index (χ4v) is 1.30. The molecule has 1 unspecified atom stereocenters. The van der Waals surface area contributed by atoms with Gasteiger partial charge in [-0.1, -0.05) is 6.92 Å². The SMILES string of the molecule is CC[C@H](COP)O[C@H](C)CO[Si]. The highest BCUT2D eigenvalue weighted by molar-refractivity contribution is 7.09. The van der Waals surface area contributed by atoms with Gasteiger partial charge in [0, 0.05) is 9.47 Å². The van der Waals surface area contributed by atoms with E-state index in [0.717, 1.165) is 6.42 Å². The zero-order valence-electron chi connectivity index (χ0n) is 7.58. The van der Waals surface area contributed by atoms with Crippen molar-refractivity contribution in [3.63, 3.8) is 0 Å². The molecule has 12 heavy (non-hydrogen) atoms. The second-order valence-corrected chi connectivity index (χ2v) is 3.24. The maximum Gasteiger partial charge on any atom is 0.246 e. The van der Waals surface area contributed by atoms with Crippen molar-refractivity contribution in [3.8, 4) is 0 Å². The number of hydrogen-bond donors (Lipinski definition) is 0. The molecule has 0 saturated heterocycles. The second-order valence-electron chi connectivity index (χ2n) is 2.62. The van der Waals surface area contributed by atoms with Crippen molar-refractivity contribution < 1.29 is 13.7 Å². The Morgan fingerprint density at radius 1 is 1.42 bits per heavy atom. The summed E-state index contributed by atoms with van der Waals surface area (Å²) in [5.41, 5.74) is 0. The number of ether oxygens (including phenoxy) is 1. The summed E-state index contributed by atoms with van der Waals surface area (Å²) >= 11 is 0. The molecule has 0 aliphatic rings. The Morgan fingerprint density at radius 2 is 2.08 bits per heavy atom. The molecule has 0 aliphatic heterocycles. The first-order chi connectivity index (χ1) is 5.74. The van der Waals surface area contributed by atoms with E-state index in [1.54, 1.807) is 0 Å². The van der Waals surface area contributed by atoms with Crippen molar-refractivity contribution in [1.29, 1.82) is 0 Å². The van der Waals surface area contributed by atoms with Crippen molar-refractivity contribution in [1.82, 2.24) is 0 Å². The summed E-state index contributed by atoms with van der Waals surface area (Å²) in [6, 6.07) is 0. The summed E-state index contributed by atoms with van der Waals surface area (Å²) in [4.78, 5) is 0. The molecule has 3 atom stereocenters. The molecule has 0 amide bonds. The fraction of sp³-hybridized carbons (Fsp3) is 1.00. The Bertz CT molecular complexity index is 105. The number of hydrogen-bond acceptors (Lipinski definition) is 3. The van der Waals surface area contributed by atoms with Crippen LogP contribution < -0.4 is 0 Å². The highest BCUT2D eigenvalue weighted by atomic mass is 31.0. The molecular weight excluding hydrogens is 191 g/mol. The lowest BCUT2D eigenvalue weighted by Gasteiger charge is -2.19. The van der Waals surface area contributed by atoms with Gasteiger partial charge >= 0.3 is 0 Å². The van der Waals surface area contributed by atoms with Gasteiger partial charge < -0.3 is 13.7 Å². The van der Waals surface area contributed by atoms with Crippen LogP contribution in [0.4, 0.5) is 0 Å².